The van der Waals surface area contributed by atoms with Crippen molar-refractivity contribution >= 4 is 6.29 Å². The first kappa shape index (κ1) is 12.7. The Kier molecular flexibility index (Phi) is 4.99. The summed E-state index contributed by atoms with van der Waals surface area (Å²) in [5.41, 5.74) is 1.64. The van der Waals surface area contributed by atoms with E-state index in [0.717, 1.165) is 17.6 Å². The summed E-state index contributed by atoms with van der Waals surface area (Å²) in [5.74, 6) is 0.804. The van der Waals surface area contributed by atoms with E-state index in [4.69, 9.17) is 9.47 Å². The van der Waals surface area contributed by atoms with Crippen LogP contribution in [0.1, 0.15) is 29.8 Å². The molecule has 0 aliphatic carbocycles. The van der Waals surface area contributed by atoms with Crippen molar-refractivity contribution in [3.63, 3.8) is 0 Å². The van der Waals surface area contributed by atoms with Crippen molar-refractivity contribution in [2.75, 3.05) is 13.2 Å². The van der Waals surface area contributed by atoms with E-state index >= 15 is 0 Å². The van der Waals surface area contributed by atoms with E-state index in [2.05, 4.69) is 0 Å². The number of aldehydes is 1. The lowest BCUT2D eigenvalue weighted by Crippen LogP contribution is -2.11. The maximum Gasteiger partial charge on any atom is 0.150 e. The van der Waals surface area contributed by atoms with Crippen LogP contribution in [0.25, 0.3) is 0 Å². The van der Waals surface area contributed by atoms with Crippen molar-refractivity contribution in [2.45, 2.75) is 26.9 Å². The van der Waals surface area contributed by atoms with Crippen molar-refractivity contribution in [3.8, 4) is 5.75 Å². The zero-order chi connectivity index (χ0) is 12.0. The smallest absolute Gasteiger partial charge is 0.150 e. The summed E-state index contributed by atoms with van der Waals surface area (Å²) in [6.45, 7) is 7.01. The minimum Gasteiger partial charge on any atom is -0.491 e. The topological polar surface area (TPSA) is 35.5 Å². The van der Waals surface area contributed by atoms with Gasteiger partial charge in [0.25, 0.3) is 0 Å². The highest BCUT2D eigenvalue weighted by Crippen LogP contribution is 2.18. The normalized spacial score (nSPS) is 10.5. The third-order valence-corrected chi connectivity index (χ3v) is 2.13. The van der Waals surface area contributed by atoms with E-state index < -0.39 is 0 Å². The van der Waals surface area contributed by atoms with Gasteiger partial charge in [0.1, 0.15) is 18.6 Å². The first-order valence-corrected chi connectivity index (χ1v) is 5.43. The van der Waals surface area contributed by atoms with Gasteiger partial charge in [0.2, 0.25) is 0 Å². The van der Waals surface area contributed by atoms with Gasteiger partial charge in [0, 0.05) is 5.56 Å². The molecule has 3 nitrogen and oxygen atoms in total. The largest absolute Gasteiger partial charge is 0.491 e. The second-order valence-electron chi connectivity index (χ2n) is 3.91. The molecule has 0 atom stereocenters. The average molecular weight is 222 g/mol. The predicted molar refractivity (Wildman–Crippen MR) is 63.1 cm³/mol. The van der Waals surface area contributed by atoms with Crippen LogP contribution in [0.2, 0.25) is 0 Å². The van der Waals surface area contributed by atoms with E-state index in [1.54, 1.807) is 6.07 Å². The Labute approximate surface area is 96.4 Å². The summed E-state index contributed by atoms with van der Waals surface area (Å²) in [5, 5.41) is 0. The Morgan fingerprint density at radius 2 is 2.06 bits per heavy atom. The maximum atomic E-state index is 10.5. The highest BCUT2D eigenvalue weighted by Gasteiger charge is 2.01. The molecule has 0 spiro atoms. The van der Waals surface area contributed by atoms with Gasteiger partial charge >= 0.3 is 0 Å². The van der Waals surface area contributed by atoms with Crippen molar-refractivity contribution in [1.29, 1.82) is 0 Å². The van der Waals surface area contributed by atoms with Gasteiger partial charge in [0.15, 0.2) is 0 Å². The maximum absolute atomic E-state index is 10.5. The number of ether oxygens (including phenoxy) is 2. The Morgan fingerprint density at radius 3 is 2.62 bits per heavy atom. The predicted octanol–water partition coefficient (Wildman–Crippen LogP) is 2.61. The molecule has 1 aromatic rings. The molecule has 1 rings (SSSR count). The fraction of sp³-hybridized carbons (Fsp3) is 0.462. The van der Waals surface area contributed by atoms with Gasteiger partial charge in [-0.2, -0.15) is 0 Å². The van der Waals surface area contributed by atoms with Gasteiger partial charge in [-0.15, -0.1) is 0 Å². The van der Waals surface area contributed by atoms with Crippen molar-refractivity contribution in [2.24, 2.45) is 0 Å². The summed E-state index contributed by atoms with van der Waals surface area (Å²) in [4.78, 5) is 10.5. The van der Waals surface area contributed by atoms with Crippen molar-refractivity contribution in [1.82, 2.24) is 0 Å². The average Bonchev–Trinajstić information content (AvgIpc) is 2.25. The fourth-order valence-electron chi connectivity index (χ4n) is 1.34. The van der Waals surface area contributed by atoms with Crippen LogP contribution in [-0.2, 0) is 4.74 Å². The quantitative estimate of drug-likeness (QED) is 0.548. The summed E-state index contributed by atoms with van der Waals surface area (Å²) in [6.07, 6.45) is 1.06. The number of rotatable bonds is 6. The van der Waals surface area contributed by atoms with Gasteiger partial charge in [0.05, 0.1) is 12.7 Å². The van der Waals surface area contributed by atoms with E-state index in [1.165, 1.54) is 0 Å². The molecule has 3 heteroatoms. The molecule has 1 aromatic carbocycles. The molecule has 0 unspecified atom stereocenters. The summed E-state index contributed by atoms with van der Waals surface area (Å²) >= 11 is 0. The molecule has 0 saturated heterocycles. The Hall–Kier alpha value is -1.35. The van der Waals surface area contributed by atoms with Crippen LogP contribution in [0, 0.1) is 6.92 Å². The number of hydrogen-bond acceptors (Lipinski definition) is 3. The zero-order valence-electron chi connectivity index (χ0n) is 10.0. The van der Waals surface area contributed by atoms with Crippen LogP contribution in [0.5, 0.6) is 5.75 Å². The lowest BCUT2D eigenvalue weighted by molar-refractivity contribution is 0.0551. The number of aryl methyl sites for hydroxylation is 1. The van der Waals surface area contributed by atoms with E-state index in [1.807, 2.05) is 32.9 Å². The van der Waals surface area contributed by atoms with Crippen molar-refractivity contribution in [3.05, 3.63) is 29.3 Å². The molecule has 0 radical (unpaired) electrons. The van der Waals surface area contributed by atoms with Crippen LogP contribution in [0.4, 0.5) is 0 Å². The second kappa shape index (κ2) is 6.28. The van der Waals surface area contributed by atoms with Crippen LogP contribution in [-0.4, -0.2) is 25.6 Å². The molecule has 0 bridgehead atoms. The van der Waals surface area contributed by atoms with Crippen LogP contribution >= 0.6 is 0 Å². The van der Waals surface area contributed by atoms with Gasteiger partial charge in [-0.05, 0) is 44.5 Å². The lowest BCUT2D eigenvalue weighted by atomic mass is 10.1. The monoisotopic (exact) mass is 222 g/mol. The molecule has 0 aliphatic rings. The lowest BCUT2D eigenvalue weighted by Gasteiger charge is -2.11. The molecular weight excluding hydrogens is 204 g/mol. The first-order valence-electron chi connectivity index (χ1n) is 5.43. The Bertz CT molecular complexity index is 345. The van der Waals surface area contributed by atoms with Crippen LogP contribution in [0.3, 0.4) is 0 Å². The molecule has 16 heavy (non-hydrogen) atoms. The van der Waals surface area contributed by atoms with Gasteiger partial charge in [-0.1, -0.05) is 0 Å². The fourth-order valence-corrected chi connectivity index (χ4v) is 1.34. The first-order chi connectivity index (χ1) is 7.63. The van der Waals surface area contributed by atoms with Crippen molar-refractivity contribution < 1.29 is 14.3 Å². The molecule has 0 fully saturated rings. The second-order valence-corrected chi connectivity index (χ2v) is 3.91. The third kappa shape index (κ3) is 4.03. The van der Waals surface area contributed by atoms with E-state index in [9.17, 15) is 4.79 Å². The Morgan fingerprint density at radius 1 is 1.31 bits per heavy atom. The van der Waals surface area contributed by atoms with Gasteiger partial charge in [-0.3, -0.25) is 4.79 Å². The van der Waals surface area contributed by atoms with Gasteiger partial charge < -0.3 is 9.47 Å². The minimum atomic E-state index is 0.224. The molecule has 0 aliphatic heterocycles. The molecule has 0 aromatic heterocycles. The molecule has 0 N–H and O–H groups in total. The van der Waals surface area contributed by atoms with Gasteiger partial charge in [-0.25, -0.2) is 0 Å². The van der Waals surface area contributed by atoms with Crippen LogP contribution in [0.15, 0.2) is 18.2 Å². The third-order valence-electron chi connectivity index (χ3n) is 2.13. The number of benzene rings is 1. The summed E-state index contributed by atoms with van der Waals surface area (Å²) < 4.78 is 10.9. The molecule has 0 heterocycles. The summed E-state index contributed by atoms with van der Waals surface area (Å²) in [7, 11) is 0. The highest BCUT2D eigenvalue weighted by molar-refractivity contribution is 5.75. The Balaban J connectivity index is 2.45. The zero-order valence-corrected chi connectivity index (χ0v) is 10.0. The molecule has 88 valence electrons. The highest BCUT2D eigenvalue weighted by atomic mass is 16.5. The van der Waals surface area contributed by atoms with E-state index in [0.29, 0.717) is 18.8 Å². The minimum absolute atomic E-state index is 0.224. The molecule has 0 saturated carbocycles. The van der Waals surface area contributed by atoms with E-state index in [-0.39, 0.29) is 6.10 Å². The number of hydrogen-bond donors (Lipinski definition) is 0. The van der Waals surface area contributed by atoms with Crippen LogP contribution < -0.4 is 4.74 Å². The SMILES string of the molecule is Cc1cc(C=O)ccc1OCCOC(C)C. The molecule has 0 amide bonds. The molecular formula is C13H18O3. The summed E-state index contributed by atoms with van der Waals surface area (Å²) in [6, 6.07) is 5.37. The number of carbonyl (C=O) groups excluding carboxylic acids is 1. The standard InChI is InChI=1S/C13H18O3/c1-10(2)15-6-7-16-13-5-4-12(9-14)8-11(13)3/h4-5,8-10H,6-7H2,1-3H3. The number of carbonyl (C=O) groups is 1.